The van der Waals surface area contributed by atoms with E-state index in [1.54, 1.807) is 12.1 Å². The van der Waals surface area contributed by atoms with Crippen molar-refractivity contribution in [1.29, 1.82) is 0 Å². The molecular formula is C14H14N2O2. The quantitative estimate of drug-likeness (QED) is 0.481. The number of ether oxygens (including phenoxy) is 1. The van der Waals surface area contributed by atoms with Gasteiger partial charge in [-0.2, -0.15) is 0 Å². The maximum Gasteiger partial charge on any atom is 0.308 e. The molecule has 0 spiro atoms. The molecule has 2 aromatic rings. The number of rotatable bonds is 2. The first-order valence-electron chi connectivity index (χ1n) is 5.50. The van der Waals surface area contributed by atoms with E-state index in [0.717, 1.165) is 11.1 Å². The molecule has 18 heavy (non-hydrogen) atoms. The highest BCUT2D eigenvalue weighted by Crippen LogP contribution is 2.29. The summed E-state index contributed by atoms with van der Waals surface area (Å²) in [7, 11) is 0. The summed E-state index contributed by atoms with van der Waals surface area (Å²) < 4.78 is 4.97. The highest BCUT2D eigenvalue weighted by atomic mass is 16.5. The van der Waals surface area contributed by atoms with E-state index in [4.69, 9.17) is 16.2 Å². The number of hydrogen-bond acceptors (Lipinski definition) is 4. The first-order chi connectivity index (χ1) is 8.56. The van der Waals surface area contributed by atoms with E-state index in [1.165, 1.54) is 6.92 Å². The van der Waals surface area contributed by atoms with Gasteiger partial charge in [-0.15, -0.1) is 0 Å². The Balaban J connectivity index is 2.37. The van der Waals surface area contributed by atoms with Gasteiger partial charge in [0.2, 0.25) is 0 Å². The van der Waals surface area contributed by atoms with E-state index in [1.807, 2.05) is 30.3 Å². The largest absolute Gasteiger partial charge is 0.425 e. The Morgan fingerprint density at radius 1 is 1.06 bits per heavy atom. The number of carbonyl (C=O) groups excluding carboxylic acids is 1. The maximum atomic E-state index is 10.9. The molecule has 92 valence electrons. The summed E-state index contributed by atoms with van der Waals surface area (Å²) in [5.41, 5.74) is 14.6. The van der Waals surface area contributed by atoms with Crippen molar-refractivity contribution in [3.63, 3.8) is 0 Å². The van der Waals surface area contributed by atoms with Gasteiger partial charge in [0, 0.05) is 12.6 Å². The molecule has 0 unspecified atom stereocenters. The highest BCUT2D eigenvalue weighted by molar-refractivity contribution is 5.76. The standard InChI is InChI=1S/C14H14N2O2/c1-9(17)18-14-6-5-11(8-13(14)16)10-3-2-4-12(15)7-10/h2-8H,15-16H2,1H3. The molecule has 0 heterocycles. The molecule has 0 aliphatic heterocycles. The summed E-state index contributed by atoms with van der Waals surface area (Å²) in [5.74, 6) is -0.0199. The Hall–Kier alpha value is -2.49. The van der Waals surface area contributed by atoms with Crippen molar-refractivity contribution in [1.82, 2.24) is 0 Å². The SMILES string of the molecule is CC(=O)Oc1ccc(-c2cccc(N)c2)cc1N. The zero-order valence-corrected chi connectivity index (χ0v) is 10.0. The number of anilines is 2. The van der Waals surface area contributed by atoms with Crippen LogP contribution >= 0.6 is 0 Å². The van der Waals surface area contributed by atoms with E-state index in [2.05, 4.69) is 0 Å². The molecule has 4 nitrogen and oxygen atoms in total. The lowest BCUT2D eigenvalue weighted by atomic mass is 10.0. The minimum absolute atomic E-state index is 0.371. The predicted molar refractivity (Wildman–Crippen MR) is 72.0 cm³/mol. The Labute approximate surface area is 105 Å². The first-order valence-corrected chi connectivity index (χ1v) is 5.50. The van der Waals surface area contributed by atoms with Gasteiger partial charge >= 0.3 is 5.97 Å². The minimum Gasteiger partial charge on any atom is -0.425 e. The van der Waals surface area contributed by atoms with Crippen LogP contribution in [0.2, 0.25) is 0 Å². The molecule has 0 bridgehead atoms. The second kappa shape index (κ2) is 4.79. The lowest BCUT2D eigenvalue weighted by Gasteiger charge is -2.08. The summed E-state index contributed by atoms with van der Waals surface area (Å²) in [5, 5.41) is 0. The van der Waals surface area contributed by atoms with Crippen molar-refractivity contribution in [2.45, 2.75) is 6.92 Å². The Morgan fingerprint density at radius 2 is 1.78 bits per heavy atom. The van der Waals surface area contributed by atoms with Crippen molar-refractivity contribution < 1.29 is 9.53 Å². The molecule has 0 saturated carbocycles. The normalized spacial score (nSPS) is 10.1. The van der Waals surface area contributed by atoms with Crippen LogP contribution in [0.3, 0.4) is 0 Å². The number of benzene rings is 2. The summed E-state index contributed by atoms with van der Waals surface area (Å²) in [4.78, 5) is 10.9. The fraction of sp³-hybridized carbons (Fsp3) is 0.0714. The average Bonchev–Trinajstić information content (AvgIpc) is 2.31. The van der Waals surface area contributed by atoms with E-state index in [0.29, 0.717) is 17.1 Å². The van der Waals surface area contributed by atoms with Gasteiger partial charge in [-0.25, -0.2) is 0 Å². The number of hydrogen-bond donors (Lipinski definition) is 2. The average molecular weight is 242 g/mol. The lowest BCUT2D eigenvalue weighted by molar-refractivity contribution is -0.131. The van der Waals surface area contributed by atoms with Gasteiger partial charge < -0.3 is 16.2 Å². The van der Waals surface area contributed by atoms with Crippen molar-refractivity contribution >= 4 is 17.3 Å². The molecule has 0 atom stereocenters. The van der Waals surface area contributed by atoms with Gasteiger partial charge in [0.05, 0.1) is 5.69 Å². The topological polar surface area (TPSA) is 78.3 Å². The van der Waals surface area contributed by atoms with Crippen LogP contribution in [0, 0.1) is 0 Å². The lowest BCUT2D eigenvalue weighted by Crippen LogP contribution is -2.03. The smallest absolute Gasteiger partial charge is 0.308 e. The monoisotopic (exact) mass is 242 g/mol. The molecule has 0 aliphatic rings. The summed E-state index contributed by atoms with van der Waals surface area (Å²) in [6.45, 7) is 1.34. The molecule has 0 fully saturated rings. The molecule has 0 aliphatic carbocycles. The van der Waals surface area contributed by atoms with Crippen molar-refractivity contribution in [3.05, 3.63) is 42.5 Å². The Morgan fingerprint density at radius 3 is 2.39 bits per heavy atom. The molecular weight excluding hydrogens is 228 g/mol. The maximum absolute atomic E-state index is 10.9. The van der Waals surface area contributed by atoms with Crippen LogP contribution in [-0.4, -0.2) is 5.97 Å². The van der Waals surface area contributed by atoms with Crippen LogP contribution in [0.25, 0.3) is 11.1 Å². The zero-order chi connectivity index (χ0) is 13.1. The van der Waals surface area contributed by atoms with Crippen LogP contribution in [0.4, 0.5) is 11.4 Å². The first kappa shape index (κ1) is 12.0. The van der Waals surface area contributed by atoms with Crippen LogP contribution in [-0.2, 0) is 4.79 Å². The third-order valence-corrected chi connectivity index (χ3v) is 2.48. The van der Waals surface area contributed by atoms with Gasteiger partial charge in [0.25, 0.3) is 0 Å². The van der Waals surface area contributed by atoms with Crippen molar-refractivity contribution in [2.75, 3.05) is 11.5 Å². The molecule has 0 aromatic heterocycles. The molecule has 0 radical (unpaired) electrons. The number of nitrogens with two attached hydrogens (primary N) is 2. The van der Waals surface area contributed by atoms with Gasteiger partial charge in [0.15, 0.2) is 5.75 Å². The third-order valence-electron chi connectivity index (χ3n) is 2.48. The van der Waals surface area contributed by atoms with Gasteiger partial charge in [-0.05, 0) is 35.4 Å². The predicted octanol–water partition coefficient (Wildman–Crippen LogP) is 2.44. The van der Waals surface area contributed by atoms with Crippen LogP contribution in [0.1, 0.15) is 6.92 Å². The summed E-state index contributed by atoms with van der Waals surface area (Å²) in [6.07, 6.45) is 0. The van der Waals surface area contributed by atoms with E-state index in [9.17, 15) is 4.79 Å². The number of esters is 1. The summed E-state index contributed by atoms with van der Waals surface area (Å²) in [6, 6.07) is 12.8. The zero-order valence-electron chi connectivity index (χ0n) is 10.0. The Kier molecular flexibility index (Phi) is 3.19. The molecule has 0 saturated heterocycles. The number of nitrogen functional groups attached to an aromatic ring is 2. The summed E-state index contributed by atoms with van der Waals surface area (Å²) >= 11 is 0. The van der Waals surface area contributed by atoms with E-state index >= 15 is 0 Å². The fourth-order valence-corrected chi connectivity index (χ4v) is 1.69. The number of carbonyl (C=O) groups is 1. The highest BCUT2D eigenvalue weighted by Gasteiger charge is 2.06. The van der Waals surface area contributed by atoms with Gasteiger partial charge in [-0.3, -0.25) is 4.79 Å². The second-order valence-electron chi connectivity index (χ2n) is 3.97. The fourth-order valence-electron chi connectivity index (χ4n) is 1.69. The molecule has 4 N–H and O–H groups in total. The van der Waals surface area contributed by atoms with E-state index in [-0.39, 0.29) is 0 Å². The second-order valence-corrected chi connectivity index (χ2v) is 3.97. The van der Waals surface area contributed by atoms with E-state index < -0.39 is 5.97 Å². The van der Waals surface area contributed by atoms with Gasteiger partial charge in [-0.1, -0.05) is 18.2 Å². The van der Waals surface area contributed by atoms with Gasteiger partial charge in [0.1, 0.15) is 0 Å². The van der Waals surface area contributed by atoms with Crippen molar-refractivity contribution in [2.24, 2.45) is 0 Å². The molecule has 2 rings (SSSR count). The third kappa shape index (κ3) is 2.60. The molecule has 2 aromatic carbocycles. The molecule has 4 heteroatoms. The van der Waals surface area contributed by atoms with Crippen LogP contribution in [0.5, 0.6) is 5.75 Å². The minimum atomic E-state index is -0.390. The Bertz CT molecular complexity index is 594. The van der Waals surface area contributed by atoms with Crippen LogP contribution in [0.15, 0.2) is 42.5 Å². The van der Waals surface area contributed by atoms with Crippen LogP contribution < -0.4 is 16.2 Å². The molecule has 0 amide bonds. The van der Waals surface area contributed by atoms with Crippen molar-refractivity contribution in [3.8, 4) is 16.9 Å².